The van der Waals surface area contributed by atoms with Crippen LogP contribution in [0, 0.1) is 11.3 Å². The zero-order valence-electron chi connectivity index (χ0n) is 5.85. The van der Waals surface area contributed by atoms with Crippen LogP contribution in [0.4, 0.5) is 5.82 Å². The van der Waals surface area contributed by atoms with E-state index in [1.54, 1.807) is 0 Å². The summed E-state index contributed by atoms with van der Waals surface area (Å²) in [6, 6.07) is 4.69. The summed E-state index contributed by atoms with van der Waals surface area (Å²) in [4.78, 5) is 3.67. The molecule has 5 nitrogen and oxygen atoms in total. The predicted octanol–water partition coefficient (Wildman–Crippen LogP) is 0.159. The quantitative estimate of drug-likeness (QED) is 0.659. The summed E-state index contributed by atoms with van der Waals surface area (Å²) in [6.07, 6.45) is 1.35. The molecule has 0 aliphatic carbocycles. The molecule has 1 aromatic heterocycles. The second kappa shape index (κ2) is 3.80. The zero-order chi connectivity index (χ0) is 8.97. The third-order valence-corrected chi connectivity index (χ3v) is 1.45. The van der Waals surface area contributed by atoms with Crippen molar-refractivity contribution in [3.8, 4) is 6.07 Å². The van der Waals surface area contributed by atoms with Crippen LogP contribution in [0.1, 0.15) is 5.56 Å². The van der Waals surface area contributed by atoms with Gasteiger partial charge in [0.05, 0.1) is 11.6 Å². The molecule has 0 fully saturated rings. The van der Waals surface area contributed by atoms with E-state index in [1.165, 1.54) is 18.3 Å². The molecule has 0 saturated heterocycles. The van der Waals surface area contributed by atoms with E-state index in [4.69, 9.17) is 5.26 Å². The fraction of sp³-hybridized carbons (Fsp3) is 0. The normalized spacial score (nSPS) is 11.7. The Labute approximate surface area is 71.5 Å². The lowest BCUT2D eigenvalue weighted by molar-refractivity contribution is 0.542. The summed E-state index contributed by atoms with van der Waals surface area (Å²) in [6.45, 7) is 0. The van der Waals surface area contributed by atoms with Crippen LogP contribution in [0.25, 0.3) is 0 Å². The second-order valence-electron chi connectivity index (χ2n) is 1.88. The number of pyridine rings is 1. The average molecular weight is 182 g/mol. The third-order valence-electron chi connectivity index (χ3n) is 1.08. The molecule has 0 spiro atoms. The number of nitrogens with one attached hydrogen (secondary N) is 1. The first-order chi connectivity index (χ1) is 5.72. The summed E-state index contributed by atoms with van der Waals surface area (Å²) in [7, 11) is 0. The second-order valence-corrected chi connectivity index (χ2v) is 2.55. The van der Waals surface area contributed by atoms with E-state index >= 15 is 0 Å². The molecule has 62 valence electrons. The van der Waals surface area contributed by atoms with Gasteiger partial charge in [0.25, 0.3) is 0 Å². The molecule has 6 heteroatoms. The molecular formula is C6H4N3O2S-. The molecule has 1 atom stereocenters. The van der Waals surface area contributed by atoms with Gasteiger partial charge in [0, 0.05) is 17.5 Å². The molecule has 1 N–H and O–H groups in total. The van der Waals surface area contributed by atoms with E-state index < -0.39 is 11.3 Å². The van der Waals surface area contributed by atoms with Gasteiger partial charge in [-0.1, -0.05) is 0 Å². The van der Waals surface area contributed by atoms with E-state index in [0.29, 0.717) is 5.56 Å². The van der Waals surface area contributed by atoms with Crippen LogP contribution >= 0.6 is 0 Å². The minimum atomic E-state index is -2.40. The van der Waals surface area contributed by atoms with E-state index in [9.17, 15) is 8.76 Å². The summed E-state index contributed by atoms with van der Waals surface area (Å²) in [5.41, 5.74) is 0.359. The maximum Gasteiger partial charge on any atom is 0.138 e. The molecule has 1 unspecified atom stereocenters. The molecule has 0 aliphatic rings. The maximum atomic E-state index is 10.1. The number of aromatic nitrogens is 1. The van der Waals surface area contributed by atoms with E-state index in [-0.39, 0.29) is 5.82 Å². The molecule has 0 aromatic carbocycles. The van der Waals surface area contributed by atoms with Crippen LogP contribution in [0.5, 0.6) is 0 Å². The lowest BCUT2D eigenvalue weighted by atomic mass is 10.3. The third kappa shape index (κ3) is 2.30. The highest BCUT2D eigenvalue weighted by molar-refractivity contribution is 7.80. The lowest BCUT2D eigenvalue weighted by Crippen LogP contribution is -2.03. The molecule has 0 aliphatic heterocycles. The van der Waals surface area contributed by atoms with E-state index in [0.717, 1.165) is 0 Å². The fourth-order valence-corrected chi connectivity index (χ4v) is 0.924. The number of nitriles is 1. The Morgan fingerprint density at radius 1 is 1.75 bits per heavy atom. The van der Waals surface area contributed by atoms with Gasteiger partial charge in [-0.3, -0.25) is 4.21 Å². The van der Waals surface area contributed by atoms with Crippen molar-refractivity contribution in [2.24, 2.45) is 0 Å². The Bertz CT molecular complexity index is 347. The fourth-order valence-electron chi connectivity index (χ4n) is 0.641. The molecule has 1 rings (SSSR count). The number of rotatable bonds is 2. The van der Waals surface area contributed by atoms with Crippen LogP contribution in [0.15, 0.2) is 18.3 Å². The molecule has 0 bridgehead atoms. The summed E-state index contributed by atoms with van der Waals surface area (Å²) in [5, 5.41) is 8.44. The predicted molar refractivity (Wildman–Crippen MR) is 41.5 cm³/mol. The monoisotopic (exact) mass is 182 g/mol. The van der Waals surface area contributed by atoms with Crippen molar-refractivity contribution >= 4 is 17.1 Å². The number of hydrogen-bond donors (Lipinski definition) is 1. The van der Waals surface area contributed by atoms with Crippen molar-refractivity contribution in [1.82, 2.24) is 4.98 Å². The number of hydrogen-bond acceptors (Lipinski definition) is 4. The Morgan fingerprint density at radius 3 is 3.08 bits per heavy atom. The van der Waals surface area contributed by atoms with Crippen molar-refractivity contribution in [3.63, 3.8) is 0 Å². The van der Waals surface area contributed by atoms with Crippen LogP contribution < -0.4 is 4.72 Å². The van der Waals surface area contributed by atoms with E-state index in [1.807, 2.05) is 10.8 Å². The average Bonchev–Trinajstić information content (AvgIpc) is 2.03. The van der Waals surface area contributed by atoms with Crippen molar-refractivity contribution in [2.45, 2.75) is 0 Å². The molecule has 0 saturated carbocycles. The van der Waals surface area contributed by atoms with Crippen molar-refractivity contribution in [3.05, 3.63) is 23.9 Å². The smallest absolute Gasteiger partial charge is 0.138 e. The van der Waals surface area contributed by atoms with Crippen LogP contribution in [0.3, 0.4) is 0 Å². The van der Waals surface area contributed by atoms with Crippen molar-refractivity contribution in [2.75, 3.05) is 4.72 Å². The lowest BCUT2D eigenvalue weighted by Gasteiger charge is -2.06. The van der Waals surface area contributed by atoms with Gasteiger partial charge in [-0.15, -0.1) is 0 Å². The van der Waals surface area contributed by atoms with Gasteiger partial charge in [0.1, 0.15) is 5.82 Å². The SMILES string of the molecule is N#Cc1ccnc(NS(=O)[O-])c1. The van der Waals surface area contributed by atoms with Gasteiger partial charge in [-0.2, -0.15) is 5.26 Å². The van der Waals surface area contributed by atoms with Gasteiger partial charge >= 0.3 is 0 Å². The standard InChI is InChI=1S/C6H5N3O2S/c7-4-5-1-2-8-6(3-5)9-12(10)11/h1-3H,(H,8,9)(H,10,11)/p-1. The first-order valence-electron chi connectivity index (χ1n) is 2.94. The zero-order valence-corrected chi connectivity index (χ0v) is 6.67. The Morgan fingerprint density at radius 2 is 2.50 bits per heavy atom. The van der Waals surface area contributed by atoms with Crippen LogP contribution in [0.2, 0.25) is 0 Å². The highest BCUT2D eigenvalue weighted by Crippen LogP contribution is 2.05. The van der Waals surface area contributed by atoms with Gasteiger partial charge in [0.2, 0.25) is 0 Å². The Kier molecular flexibility index (Phi) is 2.74. The number of anilines is 1. The van der Waals surface area contributed by atoms with Crippen molar-refractivity contribution in [1.29, 1.82) is 5.26 Å². The Hall–Kier alpha value is -1.45. The largest absolute Gasteiger partial charge is 0.755 e. The Balaban J connectivity index is 2.88. The molecular weight excluding hydrogens is 178 g/mol. The van der Waals surface area contributed by atoms with Gasteiger partial charge in [0.15, 0.2) is 0 Å². The van der Waals surface area contributed by atoms with Gasteiger partial charge in [-0.05, 0) is 12.1 Å². The molecule has 12 heavy (non-hydrogen) atoms. The summed E-state index contributed by atoms with van der Waals surface area (Å²) < 4.78 is 22.3. The summed E-state index contributed by atoms with van der Waals surface area (Å²) >= 11 is -2.40. The van der Waals surface area contributed by atoms with E-state index in [2.05, 4.69) is 4.98 Å². The van der Waals surface area contributed by atoms with Crippen LogP contribution in [-0.2, 0) is 11.3 Å². The minimum Gasteiger partial charge on any atom is -0.755 e. The molecule has 0 amide bonds. The maximum absolute atomic E-state index is 10.1. The highest BCUT2D eigenvalue weighted by atomic mass is 32.2. The topological polar surface area (TPSA) is 88.8 Å². The van der Waals surface area contributed by atoms with Gasteiger partial charge in [-0.25, -0.2) is 4.98 Å². The molecule has 1 heterocycles. The number of nitrogens with zero attached hydrogens (tertiary/aromatic N) is 2. The summed E-state index contributed by atoms with van der Waals surface area (Å²) in [5.74, 6) is 0.141. The first kappa shape index (κ1) is 8.64. The van der Waals surface area contributed by atoms with Gasteiger partial charge < -0.3 is 9.27 Å². The molecule has 0 radical (unpaired) electrons. The minimum absolute atomic E-state index is 0.141. The highest BCUT2D eigenvalue weighted by Gasteiger charge is 1.94. The van der Waals surface area contributed by atoms with Crippen molar-refractivity contribution < 1.29 is 8.76 Å². The van der Waals surface area contributed by atoms with Crippen LogP contribution in [-0.4, -0.2) is 13.7 Å². The first-order valence-corrected chi connectivity index (χ1v) is 4.02. The molecule has 1 aromatic rings.